The lowest BCUT2D eigenvalue weighted by atomic mass is 10.1. The largest absolute Gasteiger partial charge is 0.325 e. The molecule has 4 amide bonds. The molecule has 1 fully saturated rings. The molecule has 2 aromatic heterocycles. The summed E-state index contributed by atoms with van der Waals surface area (Å²) in [6.45, 7) is -0.0583. The van der Waals surface area contributed by atoms with Crippen molar-refractivity contribution in [1.29, 1.82) is 0 Å². The first-order valence-electron chi connectivity index (χ1n) is 8.65. The van der Waals surface area contributed by atoms with E-state index in [4.69, 9.17) is 0 Å². The average Bonchev–Trinajstić information content (AvgIpc) is 3.40. The van der Waals surface area contributed by atoms with Gasteiger partial charge in [0.05, 0.1) is 23.5 Å². The van der Waals surface area contributed by atoms with Gasteiger partial charge in [-0.25, -0.2) is 14.2 Å². The molecule has 1 unspecified atom stereocenters. The number of anilines is 1. The first-order valence-corrected chi connectivity index (χ1v) is 10.4. The number of nitrogens with zero attached hydrogens (tertiary/aromatic N) is 2. The summed E-state index contributed by atoms with van der Waals surface area (Å²) in [6.07, 6.45) is -0.210. The van der Waals surface area contributed by atoms with Crippen molar-refractivity contribution in [3.63, 3.8) is 0 Å². The predicted octanol–water partition coefficient (Wildman–Crippen LogP) is 3.46. The molecule has 7 nitrogen and oxygen atoms in total. The number of aromatic nitrogens is 1. The van der Waals surface area contributed by atoms with E-state index in [-0.39, 0.29) is 13.0 Å². The molecule has 1 atom stereocenters. The minimum atomic E-state index is -0.965. The third-order valence-corrected chi connectivity index (χ3v) is 5.90. The molecule has 29 heavy (non-hydrogen) atoms. The highest BCUT2D eigenvalue weighted by Crippen LogP contribution is 2.28. The summed E-state index contributed by atoms with van der Waals surface area (Å²) in [6, 6.07) is 7.95. The van der Waals surface area contributed by atoms with Crippen LogP contribution in [0.2, 0.25) is 0 Å². The molecule has 0 spiro atoms. The second-order valence-electron chi connectivity index (χ2n) is 6.32. The van der Waals surface area contributed by atoms with Crippen LogP contribution in [-0.4, -0.2) is 33.8 Å². The lowest BCUT2D eigenvalue weighted by Crippen LogP contribution is -2.34. The van der Waals surface area contributed by atoms with Crippen LogP contribution in [0.25, 0.3) is 10.6 Å². The molecule has 0 radical (unpaired) electrons. The number of thiazole rings is 1. The number of imide groups is 1. The molecule has 148 valence electrons. The number of amides is 4. The molecule has 3 heterocycles. The number of thiophene rings is 1. The first kappa shape index (κ1) is 19.2. The Kier molecular flexibility index (Phi) is 5.36. The zero-order valence-electron chi connectivity index (χ0n) is 14.9. The number of carbonyl (C=O) groups excluding carboxylic acids is 3. The molecule has 3 aromatic rings. The molecule has 0 saturated carbocycles. The number of urea groups is 1. The fourth-order valence-electron chi connectivity index (χ4n) is 2.91. The van der Waals surface area contributed by atoms with E-state index < -0.39 is 29.7 Å². The topological polar surface area (TPSA) is 91.4 Å². The molecule has 4 rings (SSSR count). The smallest absolute Gasteiger partial charge is 0.325 e. The molecule has 1 aromatic carbocycles. The summed E-state index contributed by atoms with van der Waals surface area (Å²) in [5, 5.41) is 9.36. The Morgan fingerprint density at radius 1 is 1.24 bits per heavy atom. The summed E-state index contributed by atoms with van der Waals surface area (Å²) in [5.41, 5.74) is 1.26. The Balaban J connectivity index is 1.36. The molecule has 0 aliphatic carbocycles. The van der Waals surface area contributed by atoms with Crippen LogP contribution in [0.4, 0.5) is 14.3 Å². The monoisotopic (exact) mass is 430 g/mol. The van der Waals surface area contributed by atoms with Gasteiger partial charge in [0.2, 0.25) is 5.91 Å². The number of benzene rings is 1. The SMILES string of the molecule is O=C(CC1NC(=O)N(Cc2cccc(F)c2)C1=O)Nc1nc(-c2cccs2)cs1. The quantitative estimate of drug-likeness (QED) is 0.586. The summed E-state index contributed by atoms with van der Waals surface area (Å²) in [4.78, 5) is 43.3. The van der Waals surface area contributed by atoms with E-state index in [2.05, 4.69) is 15.6 Å². The highest BCUT2D eigenvalue weighted by atomic mass is 32.1. The van der Waals surface area contributed by atoms with Gasteiger partial charge in [0.15, 0.2) is 5.13 Å². The minimum absolute atomic E-state index is 0.0583. The molecule has 2 N–H and O–H groups in total. The molecule has 0 bridgehead atoms. The van der Waals surface area contributed by atoms with Gasteiger partial charge < -0.3 is 10.6 Å². The van der Waals surface area contributed by atoms with Crippen molar-refractivity contribution < 1.29 is 18.8 Å². The second kappa shape index (κ2) is 8.10. The Bertz CT molecular complexity index is 1070. The maximum Gasteiger partial charge on any atom is 0.325 e. The van der Waals surface area contributed by atoms with Gasteiger partial charge >= 0.3 is 6.03 Å². The predicted molar refractivity (Wildman–Crippen MR) is 108 cm³/mol. The zero-order chi connectivity index (χ0) is 20.4. The number of halogens is 1. The van der Waals surface area contributed by atoms with Crippen LogP contribution >= 0.6 is 22.7 Å². The van der Waals surface area contributed by atoms with Gasteiger partial charge in [-0.15, -0.1) is 22.7 Å². The molecule has 1 saturated heterocycles. The molecular formula is C19H15FN4O3S2. The molecular weight excluding hydrogens is 415 g/mol. The van der Waals surface area contributed by atoms with Crippen molar-refractivity contribution in [2.24, 2.45) is 0 Å². The van der Waals surface area contributed by atoms with Gasteiger partial charge in [0.1, 0.15) is 11.9 Å². The maximum atomic E-state index is 13.3. The summed E-state index contributed by atoms with van der Waals surface area (Å²) < 4.78 is 13.3. The number of hydrogen-bond donors (Lipinski definition) is 2. The van der Waals surface area contributed by atoms with Gasteiger partial charge in [0.25, 0.3) is 5.91 Å². The van der Waals surface area contributed by atoms with Gasteiger partial charge in [-0.05, 0) is 29.1 Å². The summed E-state index contributed by atoms with van der Waals surface area (Å²) in [5.74, 6) is -1.40. The average molecular weight is 430 g/mol. The zero-order valence-corrected chi connectivity index (χ0v) is 16.6. The number of hydrogen-bond acceptors (Lipinski definition) is 6. The van der Waals surface area contributed by atoms with Gasteiger partial charge in [-0.1, -0.05) is 18.2 Å². The maximum absolute atomic E-state index is 13.3. The van der Waals surface area contributed by atoms with Crippen molar-refractivity contribution in [3.8, 4) is 10.6 Å². The lowest BCUT2D eigenvalue weighted by Gasteiger charge is -2.13. The highest BCUT2D eigenvalue weighted by Gasteiger charge is 2.39. The second-order valence-corrected chi connectivity index (χ2v) is 8.13. The Morgan fingerprint density at radius 3 is 2.86 bits per heavy atom. The summed E-state index contributed by atoms with van der Waals surface area (Å²) >= 11 is 2.83. The van der Waals surface area contributed by atoms with Crippen LogP contribution in [0.5, 0.6) is 0 Å². The van der Waals surface area contributed by atoms with Crippen molar-refractivity contribution in [3.05, 3.63) is 58.5 Å². The van der Waals surface area contributed by atoms with E-state index in [9.17, 15) is 18.8 Å². The van der Waals surface area contributed by atoms with Gasteiger partial charge in [-0.2, -0.15) is 0 Å². The lowest BCUT2D eigenvalue weighted by molar-refractivity contribution is -0.130. The first-order chi connectivity index (χ1) is 14.0. The Hall–Kier alpha value is -3.11. The van der Waals surface area contributed by atoms with Crippen molar-refractivity contribution in [2.75, 3.05) is 5.32 Å². The normalized spacial score (nSPS) is 16.2. The number of carbonyl (C=O) groups is 3. The summed E-state index contributed by atoms with van der Waals surface area (Å²) in [7, 11) is 0. The van der Waals surface area contributed by atoms with Crippen LogP contribution in [0, 0.1) is 5.82 Å². The standard InChI is InChI=1S/C19H15FN4O3S2/c20-12-4-1-3-11(7-12)9-24-17(26)13(22-19(24)27)8-16(25)23-18-21-14(10-29-18)15-5-2-6-28-15/h1-7,10,13H,8-9H2,(H,22,27)(H,21,23,25). The van der Waals surface area contributed by atoms with Crippen LogP contribution in [0.15, 0.2) is 47.2 Å². The Morgan fingerprint density at radius 2 is 2.10 bits per heavy atom. The molecule has 1 aliphatic heterocycles. The number of rotatable bonds is 6. The van der Waals surface area contributed by atoms with Crippen LogP contribution < -0.4 is 10.6 Å². The minimum Gasteiger partial charge on any atom is -0.325 e. The third-order valence-electron chi connectivity index (χ3n) is 4.25. The van der Waals surface area contributed by atoms with E-state index >= 15 is 0 Å². The van der Waals surface area contributed by atoms with E-state index in [0.29, 0.717) is 10.7 Å². The fourth-order valence-corrected chi connectivity index (χ4v) is 4.39. The third kappa shape index (κ3) is 4.33. The van der Waals surface area contributed by atoms with E-state index in [1.807, 2.05) is 22.9 Å². The molecule has 1 aliphatic rings. The number of nitrogens with one attached hydrogen (secondary N) is 2. The van der Waals surface area contributed by atoms with Crippen LogP contribution in [0.3, 0.4) is 0 Å². The van der Waals surface area contributed by atoms with Gasteiger partial charge in [-0.3, -0.25) is 14.5 Å². The highest BCUT2D eigenvalue weighted by molar-refractivity contribution is 7.16. The van der Waals surface area contributed by atoms with Crippen LogP contribution in [0.1, 0.15) is 12.0 Å². The fraction of sp³-hybridized carbons (Fsp3) is 0.158. The van der Waals surface area contributed by atoms with Crippen LogP contribution in [-0.2, 0) is 16.1 Å². The van der Waals surface area contributed by atoms with Crippen molar-refractivity contribution >= 4 is 45.7 Å². The van der Waals surface area contributed by atoms with E-state index in [1.54, 1.807) is 17.4 Å². The van der Waals surface area contributed by atoms with Crippen molar-refractivity contribution in [2.45, 2.75) is 19.0 Å². The van der Waals surface area contributed by atoms with E-state index in [0.717, 1.165) is 15.5 Å². The Labute approximate surface area is 173 Å². The van der Waals surface area contributed by atoms with Crippen molar-refractivity contribution in [1.82, 2.24) is 15.2 Å². The van der Waals surface area contributed by atoms with E-state index in [1.165, 1.54) is 29.5 Å². The van der Waals surface area contributed by atoms with Gasteiger partial charge in [0, 0.05) is 5.38 Å². The molecule has 10 heteroatoms.